The number of hydrogen-bond acceptors (Lipinski definition) is 3. The zero-order valence-electron chi connectivity index (χ0n) is 16.2. The van der Waals surface area contributed by atoms with Crippen LogP contribution >= 0.6 is 35.4 Å². The number of benzene rings is 3. The van der Waals surface area contributed by atoms with E-state index in [-0.39, 0.29) is 0 Å². The average Bonchev–Trinajstić information content (AvgIpc) is 2.73. The van der Waals surface area contributed by atoms with E-state index in [2.05, 4.69) is 36.5 Å². The summed E-state index contributed by atoms with van der Waals surface area (Å²) in [5.74, 6) is 1.24. The lowest BCUT2D eigenvalue weighted by atomic mass is 10.1. The van der Waals surface area contributed by atoms with Crippen molar-refractivity contribution >= 4 is 40.4 Å². The van der Waals surface area contributed by atoms with Crippen LogP contribution in [0.1, 0.15) is 22.3 Å². The zero-order valence-corrected chi connectivity index (χ0v) is 18.5. The Morgan fingerprint density at radius 1 is 0.897 bits per heavy atom. The monoisotopic (exact) mass is 445 g/mol. The van der Waals surface area contributed by atoms with E-state index in [1.54, 1.807) is 19.2 Å². The summed E-state index contributed by atoms with van der Waals surface area (Å²) < 4.78 is 11.4. The molecule has 0 aromatic heterocycles. The number of aryl methyl sites for hydroxylation is 1. The fourth-order valence-electron chi connectivity index (χ4n) is 2.71. The Kier molecular flexibility index (Phi) is 7.37. The molecule has 0 radical (unpaired) electrons. The summed E-state index contributed by atoms with van der Waals surface area (Å²) in [5.41, 5.74) is 4.19. The van der Waals surface area contributed by atoms with Crippen LogP contribution in [0.2, 0.25) is 10.0 Å². The van der Waals surface area contributed by atoms with Crippen LogP contribution in [-0.4, -0.2) is 12.1 Å². The van der Waals surface area contributed by atoms with Crippen LogP contribution in [0, 0.1) is 6.92 Å². The van der Waals surface area contributed by atoms with E-state index in [4.69, 9.17) is 44.9 Å². The van der Waals surface area contributed by atoms with Crippen LogP contribution < -0.4 is 14.8 Å². The molecule has 0 atom stereocenters. The molecule has 3 aromatic rings. The normalized spacial score (nSPS) is 10.5. The Hall–Kier alpha value is -2.27. The highest BCUT2D eigenvalue weighted by molar-refractivity contribution is 7.80. The molecule has 1 N–H and O–H groups in total. The molecule has 3 rings (SSSR count). The van der Waals surface area contributed by atoms with E-state index < -0.39 is 0 Å². The summed E-state index contributed by atoms with van der Waals surface area (Å²) in [5, 5.41) is 4.30. The molecule has 0 aliphatic heterocycles. The van der Waals surface area contributed by atoms with Crippen LogP contribution in [-0.2, 0) is 13.2 Å². The molecular weight excluding hydrogens is 425 g/mol. The highest BCUT2D eigenvalue weighted by atomic mass is 35.5. The van der Waals surface area contributed by atoms with Gasteiger partial charge < -0.3 is 14.8 Å². The summed E-state index contributed by atoms with van der Waals surface area (Å²) in [6.45, 7) is 3.08. The van der Waals surface area contributed by atoms with Gasteiger partial charge in [-0.1, -0.05) is 71.3 Å². The largest absolute Gasteiger partial charge is 0.493 e. The maximum atomic E-state index is 6.06. The van der Waals surface area contributed by atoms with Gasteiger partial charge in [0.2, 0.25) is 0 Å². The van der Waals surface area contributed by atoms with Crippen LogP contribution in [0.5, 0.6) is 11.5 Å². The van der Waals surface area contributed by atoms with E-state index in [0.29, 0.717) is 39.7 Å². The lowest BCUT2D eigenvalue weighted by Gasteiger charge is -2.14. The molecule has 0 spiro atoms. The highest BCUT2D eigenvalue weighted by Crippen LogP contribution is 2.30. The average molecular weight is 446 g/mol. The molecule has 0 saturated heterocycles. The van der Waals surface area contributed by atoms with Gasteiger partial charge in [-0.15, -0.1) is 0 Å². The Bertz CT molecular complexity index is 1010. The van der Waals surface area contributed by atoms with Gasteiger partial charge in [-0.2, -0.15) is 0 Å². The SMILES string of the molecule is COc1cc(C(=S)NCc2ccc(C)cc2)ccc1OCc1ccc(Cl)c(Cl)c1. The third kappa shape index (κ3) is 5.86. The van der Waals surface area contributed by atoms with Crippen LogP contribution in [0.25, 0.3) is 0 Å². The van der Waals surface area contributed by atoms with Crippen molar-refractivity contribution in [2.45, 2.75) is 20.1 Å². The van der Waals surface area contributed by atoms with Gasteiger partial charge in [-0.05, 0) is 48.4 Å². The second-order valence-corrected chi connectivity index (χ2v) is 7.79. The molecule has 0 bridgehead atoms. The number of hydrogen-bond donors (Lipinski definition) is 1. The van der Waals surface area contributed by atoms with Crippen LogP contribution in [0.3, 0.4) is 0 Å². The molecule has 0 aliphatic carbocycles. The standard InChI is InChI=1S/C23H21Cl2NO2S/c1-15-3-5-16(6-4-15)13-26-23(29)18-8-10-21(22(12-18)27-2)28-14-17-7-9-19(24)20(25)11-17/h3-12H,13-14H2,1-2H3,(H,26,29). The van der Waals surface area contributed by atoms with Crippen molar-refractivity contribution in [2.24, 2.45) is 0 Å². The smallest absolute Gasteiger partial charge is 0.161 e. The molecule has 3 aromatic carbocycles. The van der Waals surface area contributed by atoms with Gasteiger partial charge in [0.1, 0.15) is 11.6 Å². The molecule has 6 heteroatoms. The Morgan fingerprint density at radius 2 is 1.62 bits per heavy atom. The van der Waals surface area contributed by atoms with Crippen molar-refractivity contribution in [2.75, 3.05) is 7.11 Å². The number of ether oxygens (including phenoxy) is 2. The molecule has 0 fully saturated rings. The van der Waals surface area contributed by atoms with Gasteiger partial charge in [0.25, 0.3) is 0 Å². The van der Waals surface area contributed by atoms with Crippen molar-refractivity contribution in [1.82, 2.24) is 5.32 Å². The van der Waals surface area contributed by atoms with Crippen molar-refractivity contribution in [3.63, 3.8) is 0 Å². The van der Waals surface area contributed by atoms with E-state index in [9.17, 15) is 0 Å². The Labute approximate surface area is 186 Å². The van der Waals surface area contributed by atoms with Gasteiger partial charge in [0.15, 0.2) is 11.5 Å². The number of halogens is 2. The molecule has 0 heterocycles. The van der Waals surface area contributed by atoms with E-state index in [1.807, 2.05) is 24.3 Å². The van der Waals surface area contributed by atoms with E-state index in [1.165, 1.54) is 11.1 Å². The molecule has 0 amide bonds. The van der Waals surface area contributed by atoms with Gasteiger partial charge in [0.05, 0.1) is 17.2 Å². The Morgan fingerprint density at radius 3 is 2.31 bits per heavy atom. The van der Waals surface area contributed by atoms with E-state index in [0.717, 1.165) is 11.1 Å². The fourth-order valence-corrected chi connectivity index (χ4v) is 3.23. The molecule has 150 valence electrons. The lowest BCUT2D eigenvalue weighted by molar-refractivity contribution is 0.284. The maximum absolute atomic E-state index is 6.06. The molecule has 0 saturated carbocycles. The van der Waals surface area contributed by atoms with Crippen molar-refractivity contribution in [3.05, 3.63) is 93.0 Å². The predicted molar refractivity (Wildman–Crippen MR) is 124 cm³/mol. The minimum Gasteiger partial charge on any atom is -0.493 e. The topological polar surface area (TPSA) is 30.5 Å². The quantitative estimate of drug-likeness (QED) is 0.428. The summed E-state index contributed by atoms with van der Waals surface area (Å²) in [6.07, 6.45) is 0. The first-order valence-electron chi connectivity index (χ1n) is 9.05. The summed E-state index contributed by atoms with van der Waals surface area (Å²) in [6, 6.07) is 19.4. The summed E-state index contributed by atoms with van der Waals surface area (Å²) in [7, 11) is 1.61. The third-order valence-electron chi connectivity index (χ3n) is 4.38. The number of thiocarbonyl (C=S) groups is 1. The van der Waals surface area contributed by atoms with E-state index >= 15 is 0 Å². The molecule has 29 heavy (non-hydrogen) atoms. The van der Waals surface area contributed by atoms with Crippen molar-refractivity contribution < 1.29 is 9.47 Å². The minimum atomic E-state index is 0.350. The van der Waals surface area contributed by atoms with Gasteiger partial charge in [0, 0.05) is 12.1 Å². The van der Waals surface area contributed by atoms with Crippen LogP contribution in [0.4, 0.5) is 0 Å². The number of rotatable bonds is 7. The second-order valence-electron chi connectivity index (χ2n) is 6.57. The highest BCUT2D eigenvalue weighted by Gasteiger charge is 2.10. The van der Waals surface area contributed by atoms with Gasteiger partial charge >= 0.3 is 0 Å². The minimum absolute atomic E-state index is 0.350. The zero-order chi connectivity index (χ0) is 20.8. The van der Waals surface area contributed by atoms with Crippen LogP contribution in [0.15, 0.2) is 60.7 Å². The first-order valence-corrected chi connectivity index (χ1v) is 10.2. The summed E-state index contributed by atoms with van der Waals surface area (Å²) >= 11 is 17.5. The summed E-state index contributed by atoms with van der Waals surface area (Å²) in [4.78, 5) is 0.653. The number of methoxy groups -OCH3 is 1. The Balaban J connectivity index is 1.64. The van der Waals surface area contributed by atoms with Crippen molar-refractivity contribution in [3.8, 4) is 11.5 Å². The second kappa shape index (κ2) is 9.97. The maximum Gasteiger partial charge on any atom is 0.161 e. The molecule has 0 aliphatic rings. The first-order chi connectivity index (χ1) is 14.0. The first kappa shape index (κ1) is 21.4. The fraction of sp³-hybridized carbons (Fsp3) is 0.174. The predicted octanol–water partition coefficient (Wildman–Crippen LogP) is 6.35. The molecule has 0 unspecified atom stereocenters. The third-order valence-corrected chi connectivity index (χ3v) is 5.50. The lowest BCUT2D eigenvalue weighted by Crippen LogP contribution is -2.21. The number of nitrogens with one attached hydrogen (secondary N) is 1. The molecule has 3 nitrogen and oxygen atoms in total. The van der Waals surface area contributed by atoms with Gasteiger partial charge in [-0.25, -0.2) is 0 Å². The van der Waals surface area contributed by atoms with Gasteiger partial charge in [-0.3, -0.25) is 0 Å². The van der Waals surface area contributed by atoms with Crippen molar-refractivity contribution in [1.29, 1.82) is 0 Å². The molecular formula is C23H21Cl2NO2S.